The van der Waals surface area contributed by atoms with Gasteiger partial charge in [-0.25, -0.2) is 19.9 Å². The maximum absolute atomic E-state index is 6.05. The fourth-order valence-corrected chi connectivity index (χ4v) is 3.18. The smallest absolute Gasteiger partial charge is 0.223 e. The fourth-order valence-electron chi connectivity index (χ4n) is 3.18. The Labute approximate surface area is 169 Å². The number of rotatable bonds is 4. The molecule has 0 unspecified atom stereocenters. The molecule has 0 amide bonds. The minimum atomic E-state index is 0.110. The zero-order valence-corrected chi connectivity index (χ0v) is 15.8. The molecular weight excluding hydrogens is 384 g/mol. The second kappa shape index (κ2) is 6.77. The number of fused-ring (bicyclic) bond motifs is 1. The third kappa shape index (κ3) is 2.92. The summed E-state index contributed by atoms with van der Waals surface area (Å²) in [5, 5.41) is 7.03. The first-order chi connectivity index (χ1) is 14.6. The van der Waals surface area contributed by atoms with Crippen LogP contribution in [-0.4, -0.2) is 44.5 Å². The largest absolute Gasteiger partial charge is 0.398 e. The summed E-state index contributed by atoms with van der Waals surface area (Å²) in [5.74, 6) is 2.12. The summed E-state index contributed by atoms with van der Waals surface area (Å²) in [6, 6.07) is 5.39. The lowest BCUT2D eigenvalue weighted by Gasteiger charge is -2.21. The van der Waals surface area contributed by atoms with Gasteiger partial charge in [-0.3, -0.25) is 14.4 Å². The Balaban J connectivity index is 1.86. The van der Waals surface area contributed by atoms with Crippen LogP contribution < -0.4 is 16.4 Å². The first-order valence-corrected chi connectivity index (χ1v) is 8.91. The van der Waals surface area contributed by atoms with Gasteiger partial charge in [-0.2, -0.15) is 15.1 Å². The molecule has 5 aromatic rings. The molecule has 5 aromatic heterocycles. The summed E-state index contributed by atoms with van der Waals surface area (Å²) in [7, 11) is 0. The minimum absolute atomic E-state index is 0.110. The molecule has 148 valence electrons. The number of hydrogen-bond acceptors (Lipinski definition) is 10. The Kier molecular flexibility index (Phi) is 3.95. The molecule has 0 aliphatic rings. The number of nitrogens with zero attached hydrogens (tertiary/aromatic N) is 9. The molecule has 5 rings (SSSR count). The highest BCUT2D eigenvalue weighted by molar-refractivity contribution is 5.83. The summed E-state index contributed by atoms with van der Waals surface area (Å²) in [4.78, 5) is 27.8. The van der Waals surface area contributed by atoms with E-state index < -0.39 is 0 Å². The average molecular weight is 400 g/mol. The maximum Gasteiger partial charge on any atom is 0.223 e. The molecule has 5 N–H and O–H groups in total. The Morgan fingerprint density at radius 3 is 2.57 bits per heavy atom. The molecule has 0 radical (unpaired) electrons. The van der Waals surface area contributed by atoms with Crippen molar-refractivity contribution in [1.82, 2.24) is 44.5 Å². The maximum atomic E-state index is 6.05. The van der Waals surface area contributed by atoms with Crippen molar-refractivity contribution < 1.29 is 0 Å². The Hall–Kier alpha value is -4.61. The summed E-state index contributed by atoms with van der Waals surface area (Å²) in [6.07, 6.45) is 8.19. The molecule has 0 spiro atoms. The van der Waals surface area contributed by atoms with Gasteiger partial charge >= 0.3 is 0 Å². The number of nitrogen functional groups attached to an aromatic ring is 2. The molecule has 0 atom stereocenters. The first-order valence-electron chi connectivity index (χ1n) is 8.91. The highest BCUT2D eigenvalue weighted by Crippen LogP contribution is 2.38. The molecular formula is C18H16N12. The Morgan fingerprint density at radius 1 is 1.00 bits per heavy atom. The van der Waals surface area contributed by atoms with Gasteiger partial charge in [0.25, 0.3) is 0 Å². The molecule has 0 saturated heterocycles. The van der Waals surface area contributed by atoms with Crippen molar-refractivity contribution in [2.45, 2.75) is 6.92 Å². The third-order valence-electron chi connectivity index (χ3n) is 4.34. The zero-order valence-electron chi connectivity index (χ0n) is 15.8. The number of pyridine rings is 1. The Morgan fingerprint density at radius 2 is 1.83 bits per heavy atom. The van der Waals surface area contributed by atoms with Crippen molar-refractivity contribution in [3.8, 4) is 11.5 Å². The van der Waals surface area contributed by atoms with E-state index in [1.165, 1.54) is 6.33 Å². The number of nitrogens with one attached hydrogen (secondary N) is 1. The van der Waals surface area contributed by atoms with Crippen LogP contribution in [0.1, 0.15) is 5.82 Å². The quantitative estimate of drug-likeness (QED) is 0.403. The molecule has 0 bridgehead atoms. The second-order valence-corrected chi connectivity index (χ2v) is 6.41. The van der Waals surface area contributed by atoms with Crippen LogP contribution in [0.4, 0.5) is 29.0 Å². The minimum Gasteiger partial charge on any atom is -0.398 e. The molecule has 0 aromatic carbocycles. The predicted molar refractivity (Wildman–Crippen MR) is 110 cm³/mol. The van der Waals surface area contributed by atoms with Gasteiger partial charge in [-0.1, -0.05) is 0 Å². The number of aryl methyl sites for hydroxylation is 1. The number of aromatic nitrogens is 9. The van der Waals surface area contributed by atoms with Crippen molar-refractivity contribution >= 4 is 34.6 Å². The fraction of sp³-hybridized carbons (Fsp3) is 0.0556. The second-order valence-electron chi connectivity index (χ2n) is 6.41. The first kappa shape index (κ1) is 17.5. The van der Waals surface area contributed by atoms with Gasteiger partial charge in [0.05, 0.1) is 24.3 Å². The molecule has 0 aliphatic carbocycles. The normalized spacial score (nSPS) is 11.1. The lowest BCUT2D eigenvalue weighted by atomic mass is 10.3. The van der Waals surface area contributed by atoms with E-state index in [1.54, 1.807) is 37.8 Å². The van der Waals surface area contributed by atoms with E-state index in [0.29, 0.717) is 46.0 Å². The van der Waals surface area contributed by atoms with Crippen LogP contribution in [0.15, 0.2) is 49.3 Å². The van der Waals surface area contributed by atoms with Crippen LogP contribution >= 0.6 is 0 Å². The van der Waals surface area contributed by atoms with Gasteiger partial charge in [0.2, 0.25) is 5.95 Å². The van der Waals surface area contributed by atoms with Gasteiger partial charge < -0.3 is 11.5 Å². The number of aromatic amines is 1. The summed E-state index contributed by atoms with van der Waals surface area (Å²) < 4.78 is 1.81. The van der Waals surface area contributed by atoms with Crippen molar-refractivity contribution in [2.75, 3.05) is 16.4 Å². The molecule has 12 nitrogen and oxygen atoms in total. The van der Waals surface area contributed by atoms with E-state index in [1.807, 2.05) is 21.4 Å². The van der Waals surface area contributed by atoms with Crippen LogP contribution in [0.2, 0.25) is 0 Å². The van der Waals surface area contributed by atoms with Gasteiger partial charge in [0.1, 0.15) is 29.3 Å². The molecule has 0 fully saturated rings. The third-order valence-corrected chi connectivity index (χ3v) is 4.34. The van der Waals surface area contributed by atoms with Crippen LogP contribution in [-0.2, 0) is 0 Å². The lowest BCUT2D eigenvalue weighted by Crippen LogP contribution is -2.14. The van der Waals surface area contributed by atoms with E-state index in [9.17, 15) is 0 Å². The number of hydrogen-bond donors (Lipinski definition) is 3. The summed E-state index contributed by atoms with van der Waals surface area (Å²) in [6.45, 7) is 1.75. The van der Waals surface area contributed by atoms with Crippen LogP contribution in [0.25, 0.3) is 17.2 Å². The van der Waals surface area contributed by atoms with Gasteiger partial charge in [0, 0.05) is 18.0 Å². The van der Waals surface area contributed by atoms with E-state index >= 15 is 0 Å². The highest BCUT2D eigenvalue weighted by Gasteiger charge is 2.26. The van der Waals surface area contributed by atoms with Crippen molar-refractivity contribution in [3.63, 3.8) is 0 Å². The lowest BCUT2D eigenvalue weighted by molar-refractivity contribution is 0.980. The summed E-state index contributed by atoms with van der Waals surface area (Å²) in [5.41, 5.74) is 14.4. The van der Waals surface area contributed by atoms with Gasteiger partial charge in [-0.05, 0) is 19.1 Å². The molecule has 12 heteroatoms. The number of H-pyrrole nitrogens is 1. The molecule has 0 saturated carbocycles. The standard InChI is InChI=1S/C18H16N12/c1-10-24-16(27-18(20)25-10)15-17(26-13-3-2-11(19)8-29(13)15)30(14-4-5-23-28-14)12-6-21-9-22-7-12/h2-9H,19H2,1H3,(H,23,28)(H2,20,24,25,27). The van der Waals surface area contributed by atoms with Crippen molar-refractivity contribution in [1.29, 1.82) is 0 Å². The van der Waals surface area contributed by atoms with E-state index in [0.717, 1.165) is 0 Å². The summed E-state index contributed by atoms with van der Waals surface area (Å²) >= 11 is 0. The SMILES string of the molecule is Cc1nc(N)nc(-c2c(N(c3cncnc3)c3ccn[nH]3)nc3ccc(N)cn23)n1. The van der Waals surface area contributed by atoms with Crippen LogP contribution in [0, 0.1) is 6.92 Å². The molecule has 30 heavy (non-hydrogen) atoms. The number of anilines is 5. The molecule has 5 heterocycles. The van der Waals surface area contributed by atoms with E-state index in [4.69, 9.17) is 16.5 Å². The van der Waals surface area contributed by atoms with Crippen LogP contribution in [0.5, 0.6) is 0 Å². The van der Waals surface area contributed by atoms with Gasteiger partial charge in [-0.15, -0.1) is 0 Å². The average Bonchev–Trinajstić information content (AvgIpc) is 3.36. The predicted octanol–water partition coefficient (Wildman–Crippen LogP) is 1.64. The number of imidazole rings is 1. The van der Waals surface area contributed by atoms with Crippen molar-refractivity contribution in [2.24, 2.45) is 0 Å². The number of nitrogens with two attached hydrogens (primary N) is 2. The van der Waals surface area contributed by atoms with E-state index in [-0.39, 0.29) is 5.95 Å². The molecule has 0 aliphatic heterocycles. The van der Waals surface area contributed by atoms with Crippen molar-refractivity contribution in [3.05, 3.63) is 55.1 Å². The Bertz CT molecular complexity index is 1310. The highest BCUT2D eigenvalue weighted by atomic mass is 15.3. The monoisotopic (exact) mass is 400 g/mol. The van der Waals surface area contributed by atoms with Crippen LogP contribution in [0.3, 0.4) is 0 Å². The zero-order chi connectivity index (χ0) is 20.7. The van der Waals surface area contributed by atoms with Gasteiger partial charge in [0.15, 0.2) is 11.6 Å². The van der Waals surface area contributed by atoms with E-state index in [2.05, 4.69) is 35.1 Å². The topological polar surface area (TPSA) is 166 Å².